The quantitative estimate of drug-likeness (QED) is 0.638. The molecule has 1 heterocycles. The Balaban J connectivity index is 1.84. The first-order valence-electron chi connectivity index (χ1n) is 6.33. The van der Waals surface area contributed by atoms with E-state index in [0.717, 1.165) is 11.3 Å². The predicted octanol–water partition coefficient (Wildman–Crippen LogP) is 2.62. The number of nitrogens with two attached hydrogens (primary N) is 1. The summed E-state index contributed by atoms with van der Waals surface area (Å²) in [6.07, 6.45) is 0. The lowest BCUT2D eigenvalue weighted by atomic mass is 10.1. The van der Waals surface area contributed by atoms with Gasteiger partial charge in [0.1, 0.15) is 0 Å². The monoisotopic (exact) mass is 269 g/mol. The highest BCUT2D eigenvalue weighted by atomic mass is 16.4. The number of hydrogen-bond donors (Lipinski definition) is 3. The Morgan fingerprint density at radius 3 is 2.75 bits per heavy atom. The number of oxazole rings is 1. The van der Waals surface area contributed by atoms with Crippen molar-refractivity contribution in [3.8, 4) is 0 Å². The zero-order chi connectivity index (χ0) is 14.1. The highest BCUT2D eigenvalue weighted by molar-refractivity contribution is 5.85. The molecule has 3 aromatic rings. The number of nitrogen functional groups attached to an aromatic ring is 1. The van der Waals surface area contributed by atoms with Crippen molar-refractivity contribution in [1.82, 2.24) is 4.98 Å². The molecule has 0 aliphatic rings. The molecule has 0 unspecified atom stereocenters. The predicted molar refractivity (Wildman–Crippen MR) is 79.8 cm³/mol. The van der Waals surface area contributed by atoms with Gasteiger partial charge >= 0.3 is 5.76 Å². The minimum atomic E-state index is -0.477. The molecule has 4 N–H and O–H groups in total. The smallest absolute Gasteiger partial charge is 0.408 e. The third-order valence-corrected chi connectivity index (χ3v) is 3.19. The maximum atomic E-state index is 11.1. The van der Waals surface area contributed by atoms with Crippen molar-refractivity contribution in [3.05, 3.63) is 58.1 Å². The van der Waals surface area contributed by atoms with E-state index < -0.39 is 5.76 Å². The Morgan fingerprint density at radius 2 is 2.00 bits per heavy atom. The molecular weight excluding hydrogens is 254 g/mol. The molecule has 0 bridgehead atoms. The van der Waals surface area contributed by atoms with Crippen molar-refractivity contribution >= 4 is 22.5 Å². The third-order valence-electron chi connectivity index (χ3n) is 3.19. The fourth-order valence-electron chi connectivity index (χ4n) is 2.07. The van der Waals surface area contributed by atoms with Crippen molar-refractivity contribution < 1.29 is 4.42 Å². The second-order valence-electron chi connectivity index (χ2n) is 4.79. The molecule has 3 rings (SSSR count). The zero-order valence-electron chi connectivity index (χ0n) is 11.1. The standard InChI is InChI=1S/C15H15N3O2/c1-9-2-4-10(5-3-9)8-17-12-7-13-14(6-11(12)16)20-15(19)18-13/h2-7,17H,8,16H2,1H3,(H,18,19). The van der Waals surface area contributed by atoms with Crippen molar-refractivity contribution in [2.75, 3.05) is 11.1 Å². The summed E-state index contributed by atoms with van der Waals surface area (Å²) in [5.74, 6) is -0.477. The van der Waals surface area contributed by atoms with Gasteiger partial charge in [-0.05, 0) is 18.6 Å². The molecule has 102 valence electrons. The first-order chi connectivity index (χ1) is 9.61. The van der Waals surface area contributed by atoms with Crippen LogP contribution in [0.3, 0.4) is 0 Å². The van der Waals surface area contributed by atoms with Gasteiger partial charge in [-0.3, -0.25) is 4.98 Å². The van der Waals surface area contributed by atoms with E-state index in [9.17, 15) is 4.79 Å². The minimum absolute atomic E-state index is 0.466. The molecule has 2 aromatic carbocycles. The molecule has 5 heteroatoms. The number of aromatic nitrogens is 1. The van der Waals surface area contributed by atoms with Gasteiger partial charge < -0.3 is 15.5 Å². The van der Waals surface area contributed by atoms with Crippen LogP contribution in [-0.4, -0.2) is 4.98 Å². The van der Waals surface area contributed by atoms with Crippen LogP contribution in [0.4, 0.5) is 11.4 Å². The van der Waals surface area contributed by atoms with Crippen molar-refractivity contribution in [2.24, 2.45) is 0 Å². The Labute approximate surface area is 115 Å². The number of rotatable bonds is 3. The van der Waals surface area contributed by atoms with E-state index in [-0.39, 0.29) is 0 Å². The molecule has 0 amide bonds. The number of nitrogens with one attached hydrogen (secondary N) is 2. The molecule has 0 spiro atoms. The molecule has 0 saturated carbocycles. The number of H-pyrrole nitrogens is 1. The first kappa shape index (κ1) is 12.3. The van der Waals surface area contributed by atoms with Crippen LogP contribution in [0.2, 0.25) is 0 Å². The van der Waals surface area contributed by atoms with E-state index in [1.807, 2.05) is 0 Å². The molecule has 20 heavy (non-hydrogen) atoms. The van der Waals surface area contributed by atoms with Crippen LogP contribution in [0.15, 0.2) is 45.6 Å². The number of fused-ring (bicyclic) bond motifs is 1. The number of hydrogen-bond acceptors (Lipinski definition) is 4. The van der Waals surface area contributed by atoms with E-state index in [4.69, 9.17) is 10.2 Å². The highest BCUT2D eigenvalue weighted by Crippen LogP contribution is 2.24. The van der Waals surface area contributed by atoms with Crippen LogP contribution < -0.4 is 16.8 Å². The van der Waals surface area contributed by atoms with E-state index in [1.54, 1.807) is 12.1 Å². The van der Waals surface area contributed by atoms with Crippen LogP contribution >= 0.6 is 0 Å². The lowest BCUT2D eigenvalue weighted by Crippen LogP contribution is -2.02. The van der Waals surface area contributed by atoms with Crippen LogP contribution in [-0.2, 0) is 6.54 Å². The summed E-state index contributed by atoms with van der Waals surface area (Å²) in [5.41, 5.74) is 10.8. The fraction of sp³-hybridized carbons (Fsp3) is 0.133. The van der Waals surface area contributed by atoms with Gasteiger partial charge in [0, 0.05) is 12.6 Å². The van der Waals surface area contributed by atoms with Crippen LogP contribution in [0.5, 0.6) is 0 Å². The normalized spacial score (nSPS) is 10.8. The van der Waals surface area contributed by atoms with E-state index in [1.165, 1.54) is 5.56 Å². The van der Waals surface area contributed by atoms with E-state index in [0.29, 0.717) is 23.3 Å². The lowest BCUT2D eigenvalue weighted by Gasteiger charge is -2.09. The Bertz CT molecular complexity index is 800. The van der Waals surface area contributed by atoms with Gasteiger partial charge in [-0.2, -0.15) is 0 Å². The summed E-state index contributed by atoms with van der Waals surface area (Å²) in [5, 5.41) is 3.26. The average molecular weight is 269 g/mol. The number of aryl methyl sites for hydroxylation is 1. The maximum absolute atomic E-state index is 11.1. The summed E-state index contributed by atoms with van der Waals surface area (Å²) in [7, 11) is 0. The second-order valence-corrected chi connectivity index (χ2v) is 4.79. The van der Waals surface area contributed by atoms with Crippen molar-refractivity contribution in [1.29, 1.82) is 0 Å². The fourth-order valence-corrected chi connectivity index (χ4v) is 2.07. The molecular formula is C15H15N3O2. The summed E-state index contributed by atoms with van der Waals surface area (Å²) in [6, 6.07) is 11.7. The molecule has 0 atom stereocenters. The summed E-state index contributed by atoms with van der Waals surface area (Å²) >= 11 is 0. The summed E-state index contributed by atoms with van der Waals surface area (Å²) in [4.78, 5) is 13.8. The number of anilines is 2. The SMILES string of the molecule is Cc1ccc(CNc2cc3[nH]c(=O)oc3cc2N)cc1. The van der Waals surface area contributed by atoms with Gasteiger partial charge in [0.25, 0.3) is 0 Å². The topological polar surface area (TPSA) is 84.0 Å². The maximum Gasteiger partial charge on any atom is 0.417 e. The van der Waals surface area contributed by atoms with Gasteiger partial charge in [0.05, 0.1) is 16.9 Å². The zero-order valence-corrected chi connectivity index (χ0v) is 11.1. The molecule has 5 nitrogen and oxygen atoms in total. The Morgan fingerprint density at radius 1 is 1.25 bits per heavy atom. The molecule has 0 aliphatic carbocycles. The van der Waals surface area contributed by atoms with Crippen molar-refractivity contribution in [2.45, 2.75) is 13.5 Å². The Hall–Kier alpha value is -2.69. The van der Waals surface area contributed by atoms with Crippen LogP contribution in [0.1, 0.15) is 11.1 Å². The van der Waals surface area contributed by atoms with Gasteiger partial charge in [0.2, 0.25) is 0 Å². The molecule has 0 radical (unpaired) electrons. The third kappa shape index (κ3) is 2.38. The van der Waals surface area contributed by atoms with Crippen LogP contribution in [0.25, 0.3) is 11.1 Å². The van der Waals surface area contributed by atoms with Gasteiger partial charge in [-0.25, -0.2) is 4.79 Å². The van der Waals surface area contributed by atoms with Crippen molar-refractivity contribution in [3.63, 3.8) is 0 Å². The Kier molecular flexibility index (Phi) is 2.95. The molecule has 0 saturated heterocycles. The summed E-state index contributed by atoms with van der Waals surface area (Å²) in [6.45, 7) is 2.72. The summed E-state index contributed by atoms with van der Waals surface area (Å²) < 4.78 is 4.96. The average Bonchev–Trinajstić information content (AvgIpc) is 2.77. The largest absolute Gasteiger partial charge is 0.417 e. The van der Waals surface area contributed by atoms with E-state index >= 15 is 0 Å². The van der Waals surface area contributed by atoms with E-state index in [2.05, 4.69) is 41.5 Å². The van der Waals surface area contributed by atoms with Gasteiger partial charge in [-0.15, -0.1) is 0 Å². The first-order valence-corrected chi connectivity index (χ1v) is 6.33. The number of benzene rings is 2. The van der Waals surface area contributed by atoms with Gasteiger partial charge in [0.15, 0.2) is 5.58 Å². The molecule has 0 aliphatic heterocycles. The second kappa shape index (κ2) is 4.77. The number of aromatic amines is 1. The molecule has 0 fully saturated rings. The van der Waals surface area contributed by atoms with Gasteiger partial charge in [-0.1, -0.05) is 29.8 Å². The molecule has 1 aromatic heterocycles. The minimum Gasteiger partial charge on any atom is -0.408 e. The van der Waals surface area contributed by atoms with Crippen LogP contribution in [0, 0.1) is 6.92 Å². The lowest BCUT2D eigenvalue weighted by molar-refractivity contribution is 0.555. The highest BCUT2D eigenvalue weighted by Gasteiger charge is 2.06.